The highest BCUT2D eigenvalue weighted by molar-refractivity contribution is 6.30. The van der Waals surface area contributed by atoms with Crippen molar-refractivity contribution in [3.8, 4) is 11.5 Å². The Bertz CT molecular complexity index is 826. The molecule has 116 valence electrons. The van der Waals surface area contributed by atoms with Gasteiger partial charge in [0.1, 0.15) is 0 Å². The number of hydrogen-bond donors (Lipinski definition) is 1. The van der Waals surface area contributed by atoms with Gasteiger partial charge in [-0.25, -0.2) is 0 Å². The van der Waals surface area contributed by atoms with Crippen LogP contribution in [0, 0.1) is 0 Å². The molecule has 4 rings (SSSR count). The van der Waals surface area contributed by atoms with Crippen LogP contribution >= 0.6 is 11.6 Å². The number of hydrazone groups is 1. The zero-order valence-corrected chi connectivity index (χ0v) is 13.4. The second-order valence-corrected chi connectivity index (χ2v) is 6.06. The molecule has 0 unspecified atom stereocenters. The molecule has 2 aromatic rings. The third-order valence-corrected chi connectivity index (χ3v) is 4.18. The second kappa shape index (κ2) is 5.63. The Balaban J connectivity index is 1.89. The fraction of sp³-hybridized carbons (Fsp3) is 0.167. The lowest BCUT2D eigenvalue weighted by atomic mass is 9.93. The number of allylic oxidation sites excluding steroid dienone is 1. The minimum Gasteiger partial charge on any atom is -0.454 e. The molecule has 0 radical (unpaired) electrons. The summed E-state index contributed by atoms with van der Waals surface area (Å²) < 4.78 is 11.0. The maximum atomic E-state index is 6.00. The van der Waals surface area contributed by atoms with Crippen LogP contribution in [-0.4, -0.2) is 12.5 Å². The Morgan fingerprint density at radius 2 is 1.83 bits per heavy atom. The van der Waals surface area contributed by atoms with E-state index in [0.717, 1.165) is 34.8 Å². The van der Waals surface area contributed by atoms with Gasteiger partial charge in [0.15, 0.2) is 11.5 Å². The van der Waals surface area contributed by atoms with Gasteiger partial charge in [-0.05, 0) is 43.2 Å². The molecule has 4 nitrogen and oxygen atoms in total. The van der Waals surface area contributed by atoms with Gasteiger partial charge in [0.2, 0.25) is 6.79 Å². The third kappa shape index (κ3) is 2.66. The summed E-state index contributed by atoms with van der Waals surface area (Å²) in [4.78, 5) is 0. The molecule has 0 amide bonds. The van der Waals surface area contributed by atoms with E-state index in [4.69, 9.17) is 21.1 Å². The fourth-order valence-corrected chi connectivity index (χ4v) is 2.92. The zero-order valence-electron chi connectivity index (χ0n) is 12.6. The van der Waals surface area contributed by atoms with Gasteiger partial charge in [0, 0.05) is 22.3 Å². The predicted molar refractivity (Wildman–Crippen MR) is 90.3 cm³/mol. The number of halogens is 1. The molecule has 0 spiro atoms. The molecular weight excluding hydrogens is 312 g/mol. The largest absolute Gasteiger partial charge is 0.454 e. The topological polar surface area (TPSA) is 42.9 Å². The van der Waals surface area contributed by atoms with Crippen LogP contribution in [0.5, 0.6) is 11.5 Å². The first-order chi connectivity index (χ1) is 11.2. The Kier molecular flexibility index (Phi) is 3.46. The first-order valence-electron chi connectivity index (χ1n) is 7.38. The van der Waals surface area contributed by atoms with Crippen LogP contribution < -0.4 is 14.9 Å². The van der Waals surface area contributed by atoms with Crippen molar-refractivity contribution in [3.63, 3.8) is 0 Å². The van der Waals surface area contributed by atoms with Crippen molar-refractivity contribution in [2.24, 2.45) is 5.10 Å². The molecular formula is C18H15ClN2O2. The summed E-state index contributed by atoms with van der Waals surface area (Å²) in [6.07, 6.45) is 2.75. The fourth-order valence-electron chi connectivity index (χ4n) is 2.80. The summed E-state index contributed by atoms with van der Waals surface area (Å²) in [7, 11) is 0. The van der Waals surface area contributed by atoms with E-state index in [1.165, 1.54) is 11.1 Å². The average Bonchev–Trinajstić information content (AvgIpc) is 2.98. The highest BCUT2D eigenvalue weighted by atomic mass is 35.5. The Hall–Kier alpha value is -2.46. The van der Waals surface area contributed by atoms with Crippen LogP contribution in [-0.2, 0) is 6.42 Å². The first-order valence-corrected chi connectivity index (χ1v) is 7.76. The van der Waals surface area contributed by atoms with E-state index in [1.54, 1.807) is 0 Å². The normalized spacial score (nSPS) is 20.3. The number of benzene rings is 2. The maximum absolute atomic E-state index is 6.00. The molecule has 1 N–H and O–H groups in total. The molecule has 0 saturated heterocycles. The van der Waals surface area contributed by atoms with Crippen LogP contribution in [0.4, 0.5) is 0 Å². The van der Waals surface area contributed by atoms with Crippen molar-refractivity contribution >= 4 is 17.3 Å². The van der Waals surface area contributed by atoms with E-state index in [1.807, 2.05) is 42.6 Å². The molecule has 0 saturated carbocycles. The highest BCUT2D eigenvalue weighted by Gasteiger charge is 2.21. The molecule has 2 aromatic carbocycles. The molecule has 2 aliphatic heterocycles. The van der Waals surface area contributed by atoms with Crippen LogP contribution in [0.1, 0.15) is 23.6 Å². The lowest BCUT2D eigenvalue weighted by Crippen LogP contribution is -2.14. The van der Waals surface area contributed by atoms with Crippen LogP contribution in [0.25, 0.3) is 0 Å². The monoisotopic (exact) mass is 326 g/mol. The molecule has 2 heterocycles. The Morgan fingerprint density at radius 3 is 2.61 bits per heavy atom. The number of ether oxygens (including phenoxy) is 2. The minimum atomic E-state index is 0.263. The average molecular weight is 327 g/mol. The summed E-state index contributed by atoms with van der Waals surface area (Å²) in [5, 5.41) is 5.25. The molecule has 0 fully saturated rings. The summed E-state index contributed by atoms with van der Waals surface area (Å²) in [6.45, 7) is 2.34. The molecule has 23 heavy (non-hydrogen) atoms. The SMILES string of the molecule is C/C1=C/N/N=C(/c2ccc(Cl)cc2)c2cc3c(cc2C1)OCO3. The van der Waals surface area contributed by atoms with Gasteiger partial charge >= 0.3 is 0 Å². The van der Waals surface area contributed by atoms with Gasteiger partial charge in [0.25, 0.3) is 0 Å². The zero-order chi connectivity index (χ0) is 15.8. The summed E-state index contributed by atoms with van der Waals surface area (Å²) >= 11 is 6.00. The van der Waals surface area contributed by atoms with E-state index in [-0.39, 0.29) is 6.79 Å². The van der Waals surface area contributed by atoms with Gasteiger partial charge < -0.3 is 9.47 Å². The van der Waals surface area contributed by atoms with Crippen molar-refractivity contribution < 1.29 is 9.47 Å². The molecule has 5 heteroatoms. The molecule has 0 aromatic heterocycles. The number of nitrogens with one attached hydrogen (secondary N) is 1. The summed E-state index contributed by atoms with van der Waals surface area (Å²) in [5.41, 5.74) is 8.29. The summed E-state index contributed by atoms with van der Waals surface area (Å²) in [6, 6.07) is 11.7. The number of hydrogen-bond acceptors (Lipinski definition) is 4. The quantitative estimate of drug-likeness (QED) is 0.865. The van der Waals surface area contributed by atoms with Gasteiger partial charge in [0.05, 0.1) is 5.71 Å². The van der Waals surface area contributed by atoms with Gasteiger partial charge in [-0.1, -0.05) is 29.3 Å². The maximum Gasteiger partial charge on any atom is 0.231 e. The van der Waals surface area contributed by atoms with Crippen LogP contribution in [0.15, 0.2) is 53.3 Å². The summed E-state index contributed by atoms with van der Waals surface area (Å²) in [5.74, 6) is 1.55. The number of nitrogens with zero attached hydrogens (tertiary/aromatic N) is 1. The Labute approximate surface area is 139 Å². The van der Waals surface area contributed by atoms with Crippen LogP contribution in [0.3, 0.4) is 0 Å². The molecule has 2 aliphatic rings. The van der Waals surface area contributed by atoms with E-state index >= 15 is 0 Å². The molecule has 0 bridgehead atoms. The van der Waals surface area contributed by atoms with E-state index in [9.17, 15) is 0 Å². The van der Waals surface area contributed by atoms with E-state index < -0.39 is 0 Å². The van der Waals surface area contributed by atoms with Gasteiger partial charge in [-0.3, -0.25) is 5.43 Å². The van der Waals surface area contributed by atoms with E-state index in [0.29, 0.717) is 5.02 Å². The molecule has 0 aliphatic carbocycles. The van der Waals surface area contributed by atoms with Crippen molar-refractivity contribution in [1.82, 2.24) is 5.43 Å². The van der Waals surface area contributed by atoms with E-state index in [2.05, 4.69) is 17.5 Å². The predicted octanol–water partition coefficient (Wildman–Crippen LogP) is 3.87. The van der Waals surface area contributed by atoms with Crippen molar-refractivity contribution in [3.05, 3.63) is 69.9 Å². The van der Waals surface area contributed by atoms with Crippen molar-refractivity contribution in [2.45, 2.75) is 13.3 Å². The lowest BCUT2D eigenvalue weighted by molar-refractivity contribution is 0.174. The number of rotatable bonds is 1. The smallest absolute Gasteiger partial charge is 0.231 e. The van der Waals surface area contributed by atoms with Gasteiger partial charge in [-0.2, -0.15) is 5.10 Å². The minimum absolute atomic E-state index is 0.263. The van der Waals surface area contributed by atoms with Gasteiger partial charge in [-0.15, -0.1) is 0 Å². The van der Waals surface area contributed by atoms with Crippen molar-refractivity contribution in [1.29, 1.82) is 0 Å². The number of fused-ring (bicyclic) bond motifs is 2. The second-order valence-electron chi connectivity index (χ2n) is 5.63. The lowest BCUT2D eigenvalue weighted by Gasteiger charge is -2.16. The standard InChI is InChI=1S/C18H15ClN2O2/c1-11-6-13-7-16-17(23-10-22-16)8-15(13)18(21-20-9-11)12-2-4-14(19)5-3-12/h2-5,7-9,20H,6,10H2,1H3/b11-9-,21-18-. The molecule has 0 atom stereocenters. The third-order valence-electron chi connectivity index (χ3n) is 3.93. The first kappa shape index (κ1) is 14.2. The Morgan fingerprint density at radius 1 is 1.09 bits per heavy atom. The van der Waals surface area contributed by atoms with Crippen molar-refractivity contribution in [2.75, 3.05) is 6.79 Å². The highest BCUT2D eigenvalue weighted by Crippen LogP contribution is 2.36. The van der Waals surface area contributed by atoms with Crippen LogP contribution in [0.2, 0.25) is 5.02 Å².